The molecule has 1 aliphatic rings. The summed E-state index contributed by atoms with van der Waals surface area (Å²) in [4.78, 5) is 7.22. The molecule has 1 fully saturated rings. The Hall–Kier alpha value is -0.610. The smallest absolute Gasteiger partial charge is 0.135 e. The summed E-state index contributed by atoms with van der Waals surface area (Å²) in [5.74, 6) is 1.82. The maximum Gasteiger partial charge on any atom is 0.135 e. The number of nitrogens with two attached hydrogens (primary N) is 1. The van der Waals surface area contributed by atoms with E-state index in [2.05, 4.69) is 47.7 Å². The fourth-order valence-corrected chi connectivity index (χ4v) is 3.75. The zero-order valence-electron chi connectivity index (χ0n) is 13.7. The number of unbranched alkanes of at least 4 members (excludes halogenated alkanes) is 1. The van der Waals surface area contributed by atoms with E-state index in [0.29, 0.717) is 0 Å². The summed E-state index contributed by atoms with van der Waals surface area (Å²) in [5.41, 5.74) is 7.44. The molecular formula is C17H28BrN3. The lowest BCUT2D eigenvalue weighted by Gasteiger charge is -2.34. The second-order valence-corrected chi connectivity index (χ2v) is 7.78. The van der Waals surface area contributed by atoms with Crippen LogP contribution in [0.2, 0.25) is 0 Å². The average molecular weight is 354 g/mol. The summed E-state index contributed by atoms with van der Waals surface area (Å²) < 4.78 is 0.884. The molecule has 0 radical (unpaired) electrons. The molecule has 118 valence electrons. The number of aromatic nitrogens is 1. The molecule has 0 spiro atoms. The highest BCUT2D eigenvalue weighted by molar-refractivity contribution is 9.10. The molecule has 0 amide bonds. The van der Waals surface area contributed by atoms with Crippen molar-refractivity contribution in [2.75, 3.05) is 11.4 Å². The Balaban J connectivity index is 2.30. The van der Waals surface area contributed by atoms with E-state index in [1.165, 1.54) is 25.7 Å². The number of halogens is 1. The molecule has 1 saturated heterocycles. The Morgan fingerprint density at radius 3 is 2.81 bits per heavy atom. The lowest BCUT2D eigenvalue weighted by Crippen LogP contribution is -2.39. The number of anilines is 1. The van der Waals surface area contributed by atoms with Crippen LogP contribution in [0.25, 0.3) is 0 Å². The zero-order chi connectivity index (χ0) is 15.6. The Labute approximate surface area is 137 Å². The molecule has 3 nitrogen and oxygen atoms in total. The molecule has 2 N–H and O–H groups in total. The zero-order valence-corrected chi connectivity index (χ0v) is 15.3. The highest BCUT2D eigenvalue weighted by Gasteiger charge is 2.39. The number of pyridine rings is 1. The van der Waals surface area contributed by atoms with E-state index in [4.69, 9.17) is 10.7 Å². The van der Waals surface area contributed by atoms with Gasteiger partial charge in [-0.3, -0.25) is 0 Å². The Kier molecular flexibility index (Phi) is 5.31. The highest BCUT2D eigenvalue weighted by Crippen LogP contribution is 2.40. The van der Waals surface area contributed by atoms with Crippen LogP contribution < -0.4 is 10.6 Å². The summed E-state index contributed by atoms with van der Waals surface area (Å²) in [6.07, 6.45) is 5.15. The van der Waals surface area contributed by atoms with Crippen LogP contribution >= 0.6 is 15.9 Å². The van der Waals surface area contributed by atoms with Crippen LogP contribution in [0.3, 0.4) is 0 Å². The maximum atomic E-state index is 6.15. The first-order chi connectivity index (χ1) is 9.85. The van der Waals surface area contributed by atoms with Crippen LogP contribution in [0, 0.1) is 5.92 Å². The van der Waals surface area contributed by atoms with Crippen molar-refractivity contribution in [2.45, 2.75) is 65.0 Å². The third kappa shape index (κ3) is 3.78. The van der Waals surface area contributed by atoms with Crippen molar-refractivity contribution in [1.82, 2.24) is 4.98 Å². The third-order valence-electron chi connectivity index (χ3n) is 4.54. The van der Waals surface area contributed by atoms with Gasteiger partial charge >= 0.3 is 0 Å². The van der Waals surface area contributed by atoms with Crippen LogP contribution in [-0.4, -0.2) is 17.1 Å². The molecular weight excluding hydrogens is 326 g/mol. The van der Waals surface area contributed by atoms with Crippen molar-refractivity contribution in [1.29, 1.82) is 0 Å². The predicted octanol–water partition coefficient (Wildman–Crippen LogP) is 4.66. The van der Waals surface area contributed by atoms with E-state index in [0.717, 1.165) is 28.4 Å². The molecule has 0 aromatic carbocycles. The van der Waals surface area contributed by atoms with Crippen molar-refractivity contribution < 1.29 is 0 Å². The summed E-state index contributed by atoms with van der Waals surface area (Å²) >= 11 is 3.51. The standard InChI is InChI=1S/C17H28BrN3/c1-5-6-7-13-10-17(3,4)21(11-13)16-14(12(2)19)8-9-15(18)20-16/h8-9,12-13H,5-7,10-11,19H2,1-4H3/t12?,13-/m0/s1. The molecule has 21 heavy (non-hydrogen) atoms. The summed E-state index contributed by atoms with van der Waals surface area (Å²) in [5, 5.41) is 0. The Morgan fingerprint density at radius 1 is 1.48 bits per heavy atom. The van der Waals surface area contributed by atoms with Gasteiger partial charge in [-0.1, -0.05) is 25.8 Å². The van der Waals surface area contributed by atoms with Gasteiger partial charge in [0.1, 0.15) is 10.4 Å². The fraction of sp³-hybridized carbons (Fsp3) is 0.706. The van der Waals surface area contributed by atoms with Gasteiger partial charge in [0.25, 0.3) is 0 Å². The highest BCUT2D eigenvalue weighted by atomic mass is 79.9. The summed E-state index contributed by atoms with van der Waals surface area (Å²) in [6.45, 7) is 10.0. The van der Waals surface area contributed by atoms with Crippen LogP contribution in [0.15, 0.2) is 16.7 Å². The normalized spacial score (nSPS) is 22.6. The van der Waals surface area contributed by atoms with Gasteiger partial charge in [0.05, 0.1) is 0 Å². The van der Waals surface area contributed by atoms with Crippen LogP contribution in [0.4, 0.5) is 5.82 Å². The van der Waals surface area contributed by atoms with Gasteiger partial charge in [-0.25, -0.2) is 4.98 Å². The lowest BCUT2D eigenvalue weighted by atomic mass is 9.93. The van der Waals surface area contributed by atoms with E-state index < -0.39 is 0 Å². The van der Waals surface area contributed by atoms with Crippen molar-refractivity contribution in [3.63, 3.8) is 0 Å². The minimum Gasteiger partial charge on any atom is -0.351 e. The summed E-state index contributed by atoms with van der Waals surface area (Å²) in [7, 11) is 0. The monoisotopic (exact) mass is 353 g/mol. The second kappa shape index (κ2) is 6.66. The van der Waals surface area contributed by atoms with E-state index in [9.17, 15) is 0 Å². The SMILES string of the molecule is CCCC[C@@H]1CN(c2nc(Br)ccc2C(C)N)C(C)(C)C1. The van der Waals surface area contributed by atoms with Gasteiger partial charge in [0.15, 0.2) is 0 Å². The predicted molar refractivity (Wildman–Crippen MR) is 93.6 cm³/mol. The van der Waals surface area contributed by atoms with E-state index in [1.807, 2.05) is 13.0 Å². The third-order valence-corrected chi connectivity index (χ3v) is 4.98. The number of hydrogen-bond acceptors (Lipinski definition) is 3. The molecule has 1 aromatic heterocycles. The molecule has 2 rings (SSSR count). The molecule has 2 heterocycles. The lowest BCUT2D eigenvalue weighted by molar-refractivity contribution is 0.443. The van der Waals surface area contributed by atoms with Crippen molar-refractivity contribution in [2.24, 2.45) is 11.7 Å². The molecule has 0 aliphatic carbocycles. The minimum atomic E-state index is 0.00564. The first kappa shape index (κ1) is 16.8. The van der Waals surface area contributed by atoms with Crippen molar-refractivity contribution >= 4 is 21.7 Å². The van der Waals surface area contributed by atoms with Crippen molar-refractivity contribution in [3.8, 4) is 0 Å². The van der Waals surface area contributed by atoms with E-state index in [1.54, 1.807) is 0 Å². The molecule has 2 atom stereocenters. The Morgan fingerprint density at radius 2 is 2.19 bits per heavy atom. The van der Waals surface area contributed by atoms with Gasteiger partial charge in [-0.15, -0.1) is 0 Å². The topological polar surface area (TPSA) is 42.2 Å². The number of nitrogens with zero attached hydrogens (tertiary/aromatic N) is 2. The fourth-order valence-electron chi connectivity index (χ4n) is 3.45. The number of hydrogen-bond donors (Lipinski definition) is 1. The first-order valence-corrected chi connectivity index (χ1v) is 8.84. The molecule has 1 unspecified atom stereocenters. The number of rotatable bonds is 5. The largest absolute Gasteiger partial charge is 0.351 e. The minimum absolute atomic E-state index is 0.00564. The van der Waals surface area contributed by atoms with Gasteiger partial charge in [0.2, 0.25) is 0 Å². The van der Waals surface area contributed by atoms with Gasteiger partial charge in [0, 0.05) is 23.7 Å². The second-order valence-electron chi connectivity index (χ2n) is 6.97. The summed E-state index contributed by atoms with van der Waals surface area (Å²) in [6, 6.07) is 4.10. The maximum absolute atomic E-state index is 6.15. The first-order valence-electron chi connectivity index (χ1n) is 8.05. The molecule has 0 saturated carbocycles. The van der Waals surface area contributed by atoms with Gasteiger partial charge in [-0.2, -0.15) is 0 Å². The molecule has 4 heteroatoms. The molecule has 0 bridgehead atoms. The van der Waals surface area contributed by atoms with E-state index in [-0.39, 0.29) is 11.6 Å². The van der Waals surface area contributed by atoms with E-state index >= 15 is 0 Å². The molecule has 1 aromatic rings. The quantitative estimate of drug-likeness (QED) is 0.782. The van der Waals surface area contributed by atoms with Crippen LogP contribution in [-0.2, 0) is 0 Å². The van der Waals surface area contributed by atoms with Gasteiger partial charge in [-0.05, 0) is 61.5 Å². The Bertz CT molecular complexity index is 485. The van der Waals surface area contributed by atoms with Crippen LogP contribution in [0.5, 0.6) is 0 Å². The van der Waals surface area contributed by atoms with Crippen LogP contribution in [0.1, 0.15) is 65.0 Å². The van der Waals surface area contributed by atoms with Crippen molar-refractivity contribution in [3.05, 3.63) is 22.3 Å². The average Bonchev–Trinajstić information content (AvgIpc) is 2.70. The van der Waals surface area contributed by atoms with Gasteiger partial charge < -0.3 is 10.6 Å². The molecule has 1 aliphatic heterocycles.